The minimum atomic E-state index is -1.03. The van der Waals surface area contributed by atoms with Gasteiger partial charge in [-0.25, -0.2) is 14.4 Å². The number of nitrogens with one attached hydrogen (secondary N) is 1. The fraction of sp³-hybridized carbons (Fsp3) is 0.667. The van der Waals surface area contributed by atoms with Gasteiger partial charge in [-0.1, -0.05) is 0 Å². The topological polar surface area (TPSA) is 122 Å². The Morgan fingerprint density at radius 2 is 2.22 bits per heavy atom. The van der Waals surface area contributed by atoms with Gasteiger partial charge in [0.2, 0.25) is 0 Å². The Labute approximate surface area is 108 Å². The average Bonchev–Trinajstić information content (AvgIpc) is 2.66. The molecule has 18 heavy (non-hydrogen) atoms. The highest BCUT2D eigenvalue weighted by Crippen LogP contribution is 2.28. The van der Waals surface area contributed by atoms with Crippen LogP contribution in [0.25, 0.3) is 0 Å². The van der Waals surface area contributed by atoms with Crippen molar-refractivity contribution in [1.82, 2.24) is 10.2 Å². The average molecular weight is 277 g/mol. The number of ether oxygens (including phenoxy) is 1. The van der Waals surface area contributed by atoms with Crippen LogP contribution in [-0.4, -0.2) is 58.4 Å². The zero-order valence-electron chi connectivity index (χ0n) is 9.79. The summed E-state index contributed by atoms with van der Waals surface area (Å²) < 4.78 is 4.44. The van der Waals surface area contributed by atoms with E-state index in [0.29, 0.717) is 5.75 Å². The van der Waals surface area contributed by atoms with Crippen molar-refractivity contribution in [1.29, 1.82) is 0 Å². The van der Waals surface area contributed by atoms with Crippen LogP contribution in [0.3, 0.4) is 0 Å². The molecule has 0 spiro atoms. The molecule has 9 heteroatoms. The summed E-state index contributed by atoms with van der Waals surface area (Å²) in [6.07, 6.45) is -0.919. The molecular weight excluding hydrogens is 262 g/mol. The van der Waals surface area contributed by atoms with E-state index in [1.807, 2.05) is 0 Å². The number of carboxylic acid groups (broad SMARTS) is 1. The molecule has 0 aromatic rings. The molecule has 0 saturated carbocycles. The van der Waals surface area contributed by atoms with Crippen molar-refractivity contribution in [2.24, 2.45) is 5.73 Å². The van der Waals surface area contributed by atoms with Crippen LogP contribution in [0.5, 0.6) is 0 Å². The number of amides is 3. The van der Waals surface area contributed by atoms with Crippen molar-refractivity contribution >= 4 is 29.9 Å². The first-order valence-electron chi connectivity index (χ1n) is 5.26. The number of rotatable bonds is 4. The molecule has 0 bridgehead atoms. The molecule has 1 saturated heterocycles. The summed E-state index contributed by atoms with van der Waals surface area (Å²) in [5, 5.41) is 11.2. The molecule has 2 atom stereocenters. The maximum atomic E-state index is 11.8. The number of primary amides is 1. The third kappa shape index (κ3) is 3.69. The largest absolute Gasteiger partial charge is 0.480 e. The third-order valence-corrected chi connectivity index (χ3v) is 3.58. The summed E-state index contributed by atoms with van der Waals surface area (Å²) in [7, 11) is 0. The second-order valence-corrected chi connectivity index (χ2v) is 4.94. The minimum Gasteiger partial charge on any atom is -0.480 e. The van der Waals surface area contributed by atoms with Crippen molar-refractivity contribution in [2.45, 2.75) is 18.3 Å². The first-order valence-corrected chi connectivity index (χ1v) is 6.31. The minimum absolute atomic E-state index is 0.0474. The second kappa shape index (κ2) is 6.34. The Kier molecular flexibility index (Phi) is 5.08. The van der Waals surface area contributed by atoms with Crippen molar-refractivity contribution < 1.29 is 24.2 Å². The molecule has 1 aliphatic heterocycles. The van der Waals surface area contributed by atoms with Gasteiger partial charge in [-0.3, -0.25) is 4.90 Å². The molecule has 2 unspecified atom stereocenters. The van der Waals surface area contributed by atoms with Crippen molar-refractivity contribution in [3.63, 3.8) is 0 Å². The van der Waals surface area contributed by atoms with E-state index in [1.165, 1.54) is 16.7 Å². The van der Waals surface area contributed by atoms with Crippen LogP contribution >= 0.6 is 11.8 Å². The van der Waals surface area contributed by atoms with Crippen molar-refractivity contribution in [2.75, 3.05) is 18.9 Å². The van der Waals surface area contributed by atoms with Crippen LogP contribution in [0, 0.1) is 0 Å². The SMILES string of the molecule is CC1SCC(C(=O)O)N1C(=O)NCCOC(N)=O. The molecule has 0 radical (unpaired) electrons. The predicted molar refractivity (Wildman–Crippen MR) is 64.1 cm³/mol. The third-order valence-electron chi connectivity index (χ3n) is 2.36. The molecule has 3 amide bonds. The lowest BCUT2D eigenvalue weighted by atomic mass is 10.3. The quantitative estimate of drug-likeness (QED) is 0.603. The van der Waals surface area contributed by atoms with Crippen molar-refractivity contribution in [3.05, 3.63) is 0 Å². The molecule has 0 aliphatic carbocycles. The fourth-order valence-electron chi connectivity index (χ4n) is 1.54. The van der Waals surface area contributed by atoms with E-state index in [1.54, 1.807) is 6.92 Å². The maximum Gasteiger partial charge on any atom is 0.404 e. The summed E-state index contributed by atoms with van der Waals surface area (Å²) in [5.74, 6) is -0.669. The molecule has 1 fully saturated rings. The highest BCUT2D eigenvalue weighted by molar-refractivity contribution is 8.00. The number of nitrogens with zero attached hydrogens (tertiary/aromatic N) is 1. The Morgan fingerprint density at radius 1 is 1.56 bits per heavy atom. The zero-order valence-corrected chi connectivity index (χ0v) is 10.6. The number of urea groups is 1. The van der Waals surface area contributed by atoms with Crippen LogP contribution in [0.1, 0.15) is 6.92 Å². The van der Waals surface area contributed by atoms with E-state index in [2.05, 4.69) is 10.1 Å². The molecule has 1 heterocycles. The van der Waals surface area contributed by atoms with E-state index in [0.717, 1.165) is 0 Å². The number of nitrogens with two attached hydrogens (primary N) is 1. The predicted octanol–water partition coefficient (Wildman–Crippen LogP) is -0.361. The van der Waals surface area contributed by atoms with Crippen LogP contribution < -0.4 is 11.1 Å². The van der Waals surface area contributed by atoms with Crippen LogP contribution in [0.2, 0.25) is 0 Å². The van der Waals surface area contributed by atoms with E-state index in [4.69, 9.17) is 10.8 Å². The van der Waals surface area contributed by atoms with Gasteiger partial charge in [-0.2, -0.15) is 0 Å². The number of carbonyl (C=O) groups is 3. The highest BCUT2D eigenvalue weighted by Gasteiger charge is 2.39. The first-order chi connectivity index (χ1) is 8.43. The summed E-state index contributed by atoms with van der Waals surface area (Å²) in [6.45, 7) is 1.79. The van der Waals surface area contributed by atoms with Gasteiger partial charge in [-0.05, 0) is 6.92 Å². The van der Waals surface area contributed by atoms with Gasteiger partial charge < -0.3 is 20.9 Å². The zero-order chi connectivity index (χ0) is 13.7. The summed E-state index contributed by atoms with van der Waals surface area (Å²) in [5.41, 5.74) is 4.75. The van der Waals surface area contributed by atoms with Gasteiger partial charge in [0.15, 0.2) is 0 Å². The molecule has 8 nitrogen and oxygen atoms in total. The van der Waals surface area contributed by atoms with Gasteiger partial charge in [0, 0.05) is 5.75 Å². The lowest BCUT2D eigenvalue weighted by molar-refractivity contribution is -0.141. The first kappa shape index (κ1) is 14.4. The van der Waals surface area contributed by atoms with Crippen LogP contribution in [0.4, 0.5) is 9.59 Å². The fourth-order valence-corrected chi connectivity index (χ4v) is 2.71. The summed E-state index contributed by atoms with van der Waals surface area (Å²) >= 11 is 1.39. The molecule has 4 N–H and O–H groups in total. The number of thioether (sulfide) groups is 1. The van der Waals surface area contributed by atoms with Crippen molar-refractivity contribution in [3.8, 4) is 0 Å². The van der Waals surface area contributed by atoms with Gasteiger partial charge in [0.1, 0.15) is 12.6 Å². The van der Waals surface area contributed by atoms with Gasteiger partial charge in [-0.15, -0.1) is 11.8 Å². The monoisotopic (exact) mass is 277 g/mol. The lowest BCUT2D eigenvalue weighted by Crippen LogP contribution is -2.50. The Bertz CT molecular complexity index is 351. The van der Waals surface area contributed by atoms with Crippen LogP contribution in [0.15, 0.2) is 0 Å². The molecule has 0 aromatic carbocycles. The van der Waals surface area contributed by atoms with Gasteiger partial charge in [0.05, 0.1) is 11.9 Å². The smallest absolute Gasteiger partial charge is 0.404 e. The molecule has 102 valence electrons. The number of carboxylic acids is 1. The normalized spacial score (nSPS) is 22.6. The summed E-state index contributed by atoms with van der Waals surface area (Å²) in [6, 6.07) is -1.32. The van der Waals surface area contributed by atoms with Gasteiger partial charge >= 0.3 is 18.1 Å². The highest BCUT2D eigenvalue weighted by atomic mass is 32.2. The second-order valence-electron chi connectivity index (χ2n) is 3.59. The number of aliphatic carboxylic acids is 1. The number of hydrogen-bond donors (Lipinski definition) is 3. The standard InChI is InChI=1S/C9H15N3O5S/c1-5-12(6(4-18-5)7(13)14)9(16)11-2-3-17-8(10)15/h5-6H,2-4H2,1H3,(H2,10,15)(H,11,16)(H,13,14). The Hall–Kier alpha value is -1.64. The lowest BCUT2D eigenvalue weighted by Gasteiger charge is -2.25. The van der Waals surface area contributed by atoms with Gasteiger partial charge in [0.25, 0.3) is 0 Å². The molecule has 0 aromatic heterocycles. The van der Waals surface area contributed by atoms with E-state index < -0.39 is 24.1 Å². The molecular formula is C9H15N3O5S. The Morgan fingerprint density at radius 3 is 2.78 bits per heavy atom. The van der Waals surface area contributed by atoms with E-state index in [-0.39, 0.29) is 18.5 Å². The van der Waals surface area contributed by atoms with Crippen LogP contribution in [-0.2, 0) is 9.53 Å². The Balaban J connectivity index is 2.44. The maximum absolute atomic E-state index is 11.8. The van der Waals surface area contributed by atoms with E-state index >= 15 is 0 Å². The number of carbonyl (C=O) groups excluding carboxylic acids is 2. The van der Waals surface area contributed by atoms with E-state index in [9.17, 15) is 14.4 Å². The molecule has 1 rings (SSSR count). The molecule has 1 aliphatic rings. The summed E-state index contributed by atoms with van der Waals surface area (Å²) in [4.78, 5) is 34.3. The number of hydrogen-bond acceptors (Lipinski definition) is 5.